The molecule has 80 valence electrons. The van der Waals surface area contributed by atoms with Crippen LogP contribution in [0, 0.1) is 17.8 Å². The first-order valence-electron chi connectivity index (χ1n) is 6.00. The number of carboxylic acids is 1. The number of hydrogen-bond donors (Lipinski definition) is 1. The SMILES string of the molecule is O=C(O)C1CCCC2CCCCC2C1. The van der Waals surface area contributed by atoms with Gasteiger partial charge in [0, 0.05) is 0 Å². The van der Waals surface area contributed by atoms with E-state index < -0.39 is 5.97 Å². The molecular formula is C12H20O2. The largest absolute Gasteiger partial charge is 0.481 e. The molecule has 0 heterocycles. The lowest BCUT2D eigenvalue weighted by Gasteiger charge is -2.30. The van der Waals surface area contributed by atoms with Crippen molar-refractivity contribution in [3.05, 3.63) is 0 Å². The smallest absolute Gasteiger partial charge is 0.306 e. The van der Waals surface area contributed by atoms with Crippen LogP contribution in [0.1, 0.15) is 51.4 Å². The highest BCUT2D eigenvalue weighted by molar-refractivity contribution is 5.69. The Hall–Kier alpha value is -0.530. The second kappa shape index (κ2) is 4.33. The van der Waals surface area contributed by atoms with E-state index in [-0.39, 0.29) is 5.92 Å². The number of fused-ring (bicyclic) bond motifs is 1. The third-order valence-corrected chi connectivity index (χ3v) is 4.13. The molecule has 0 saturated heterocycles. The van der Waals surface area contributed by atoms with E-state index in [2.05, 4.69) is 0 Å². The van der Waals surface area contributed by atoms with Gasteiger partial charge in [0.1, 0.15) is 0 Å². The number of hydrogen-bond acceptors (Lipinski definition) is 1. The van der Waals surface area contributed by atoms with Crippen molar-refractivity contribution in [3.8, 4) is 0 Å². The highest BCUT2D eigenvalue weighted by Crippen LogP contribution is 2.41. The summed E-state index contributed by atoms with van der Waals surface area (Å²) < 4.78 is 0. The Labute approximate surface area is 85.7 Å². The van der Waals surface area contributed by atoms with E-state index in [1.807, 2.05) is 0 Å². The Morgan fingerprint density at radius 3 is 2.29 bits per heavy atom. The van der Waals surface area contributed by atoms with Crippen molar-refractivity contribution in [3.63, 3.8) is 0 Å². The third-order valence-electron chi connectivity index (χ3n) is 4.13. The predicted octanol–water partition coefficient (Wildman–Crippen LogP) is 3.07. The van der Waals surface area contributed by atoms with E-state index in [0.717, 1.165) is 31.1 Å². The lowest BCUT2D eigenvalue weighted by Crippen LogP contribution is -2.22. The highest BCUT2D eigenvalue weighted by atomic mass is 16.4. The summed E-state index contributed by atoms with van der Waals surface area (Å²) in [5.74, 6) is 0.986. The second-order valence-corrected chi connectivity index (χ2v) is 5.01. The Balaban J connectivity index is 2.00. The van der Waals surface area contributed by atoms with Crippen LogP contribution in [0.3, 0.4) is 0 Å². The molecule has 2 saturated carbocycles. The maximum Gasteiger partial charge on any atom is 0.306 e. The van der Waals surface area contributed by atoms with Crippen LogP contribution in [-0.2, 0) is 4.79 Å². The first kappa shape index (κ1) is 10.0. The molecule has 3 unspecified atom stereocenters. The summed E-state index contributed by atoms with van der Waals surface area (Å²) in [6.45, 7) is 0. The molecule has 1 N–H and O–H groups in total. The predicted molar refractivity (Wildman–Crippen MR) is 55.0 cm³/mol. The maximum atomic E-state index is 11.0. The van der Waals surface area contributed by atoms with E-state index in [4.69, 9.17) is 5.11 Å². The summed E-state index contributed by atoms with van der Waals surface area (Å²) in [4.78, 5) is 11.0. The first-order chi connectivity index (χ1) is 6.77. The van der Waals surface area contributed by atoms with Crippen LogP contribution in [0.5, 0.6) is 0 Å². The van der Waals surface area contributed by atoms with Crippen LogP contribution in [0.2, 0.25) is 0 Å². The molecule has 0 aliphatic heterocycles. The van der Waals surface area contributed by atoms with E-state index >= 15 is 0 Å². The van der Waals surface area contributed by atoms with Crippen molar-refractivity contribution >= 4 is 5.97 Å². The average molecular weight is 196 g/mol. The molecule has 0 spiro atoms. The molecule has 0 amide bonds. The van der Waals surface area contributed by atoms with Crippen molar-refractivity contribution in [1.82, 2.24) is 0 Å². The molecule has 2 aliphatic carbocycles. The third kappa shape index (κ3) is 2.10. The van der Waals surface area contributed by atoms with Crippen LogP contribution in [0.15, 0.2) is 0 Å². The number of aliphatic carboxylic acids is 1. The van der Waals surface area contributed by atoms with Crippen LogP contribution in [0.4, 0.5) is 0 Å². The van der Waals surface area contributed by atoms with Gasteiger partial charge >= 0.3 is 5.97 Å². The standard InChI is InChI=1S/C12H20O2/c13-12(14)11-7-3-6-9-4-1-2-5-10(9)8-11/h9-11H,1-8H2,(H,13,14). The second-order valence-electron chi connectivity index (χ2n) is 5.01. The normalized spacial score (nSPS) is 38.4. The van der Waals surface area contributed by atoms with Gasteiger partial charge in [-0.15, -0.1) is 0 Å². The molecule has 2 nitrogen and oxygen atoms in total. The Bertz CT molecular complexity index is 212. The summed E-state index contributed by atoms with van der Waals surface area (Å²) >= 11 is 0. The van der Waals surface area contributed by atoms with Crippen molar-refractivity contribution in [2.45, 2.75) is 51.4 Å². The minimum Gasteiger partial charge on any atom is -0.481 e. The Morgan fingerprint density at radius 1 is 0.929 bits per heavy atom. The van der Waals surface area contributed by atoms with E-state index in [1.54, 1.807) is 0 Å². The molecule has 0 aromatic heterocycles. The van der Waals surface area contributed by atoms with Crippen LogP contribution in [0.25, 0.3) is 0 Å². The minimum absolute atomic E-state index is 0.0388. The number of rotatable bonds is 1. The molecule has 2 heteroatoms. The zero-order chi connectivity index (χ0) is 9.97. The van der Waals surface area contributed by atoms with Gasteiger partial charge in [-0.05, 0) is 24.7 Å². The minimum atomic E-state index is -0.559. The van der Waals surface area contributed by atoms with Gasteiger partial charge in [0.05, 0.1) is 5.92 Å². The summed E-state index contributed by atoms with van der Waals surface area (Å²) in [5, 5.41) is 9.05. The summed E-state index contributed by atoms with van der Waals surface area (Å²) in [6, 6.07) is 0. The van der Waals surface area contributed by atoms with Crippen molar-refractivity contribution in [2.24, 2.45) is 17.8 Å². The molecule has 2 fully saturated rings. The van der Waals surface area contributed by atoms with Crippen molar-refractivity contribution in [1.29, 1.82) is 0 Å². The van der Waals surface area contributed by atoms with Gasteiger partial charge in [0.15, 0.2) is 0 Å². The fraction of sp³-hybridized carbons (Fsp3) is 0.917. The highest BCUT2D eigenvalue weighted by Gasteiger charge is 2.32. The fourth-order valence-corrected chi connectivity index (χ4v) is 3.31. The Morgan fingerprint density at radius 2 is 1.57 bits per heavy atom. The van der Waals surface area contributed by atoms with Crippen LogP contribution < -0.4 is 0 Å². The van der Waals surface area contributed by atoms with Gasteiger partial charge in [0.2, 0.25) is 0 Å². The zero-order valence-corrected chi connectivity index (χ0v) is 8.74. The molecule has 0 aromatic carbocycles. The molecular weight excluding hydrogens is 176 g/mol. The summed E-state index contributed by atoms with van der Waals surface area (Å²) in [6.07, 6.45) is 9.65. The van der Waals surface area contributed by atoms with E-state index in [1.165, 1.54) is 32.1 Å². The van der Waals surface area contributed by atoms with Gasteiger partial charge in [-0.1, -0.05) is 38.5 Å². The zero-order valence-electron chi connectivity index (χ0n) is 8.74. The lowest BCUT2D eigenvalue weighted by atomic mass is 9.75. The quantitative estimate of drug-likeness (QED) is 0.699. The summed E-state index contributed by atoms with van der Waals surface area (Å²) in [5.41, 5.74) is 0. The number of carbonyl (C=O) groups is 1. The fourth-order valence-electron chi connectivity index (χ4n) is 3.31. The van der Waals surface area contributed by atoms with E-state index in [9.17, 15) is 4.79 Å². The first-order valence-corrected chi connectivity index (χ1v) is 6.00. The van der Waals surface area contributed by atoms with Crippen molar-refractivity contribution in [2.75, 3.05) is 0 Å². The van der Waals surface area contributed by atoms with Gasteiger partial charge in [-0.25, -0.2) is 0 Å². The van der Waals surface area contributed by atoms with Gasteiger partial charge in [-0.3, -0.25) is 4.79 Å². The van der Waals surface area contributed by atoms with E-state index in [0.29, 0.717) is 0 Å². The van der Waals surface area contributed by atoms with Gasteiger partial charge in [-0.2, -0.15) is 0 Å². The van der Waals surface area contributed by atoms with Gasteiger partial charge < -0.3 is 5.11 Å². The summed E-state index contributed by atoms with van der Waals surface area (Å²) in [7, 11) is 0. The van der Waals surface area contributed by atoms with Crippen LogP contribution in [-0.4, -0.2) is 11.1 Å². The molecule has 0 bridgehead atoms. The molecule has 14 heavy (non-hydrogen) atoms. The number of carboxylic acid groups (broad SMARTS) is 1. The Kier molecular flexibility index (Phi) is 3.09. The molecule has 0 radical (unpaired) electrons. The topological polar surface area (TPSA) is 37.3 Å². The maximum absolute atomic E-state index is 11.0. The van der Waals surface area contributed by atoms with Crippen LogP contribution >= 0.6 is 0 Å². The van der Waals surface area contributed by atoms with Gasteiger partial charge in [0.25, 0.3) is 0 Å². The monoisotopic (exact) mass is 196 g/mol. The molecule has 2 rings (SSSR count). The average Bonchev–Trinajstić information content (AvgIpc) is 2.39. The lowest BCUT2D eigenvalue weighted by molar-refractivity contribution is -0.142. The molecule has 0 aromatic rings. The molecule has 2 aliphatic rings. The molecule has 3 atom stereocenters. The van der Waals surface area contributed by atoms with Crippen molar-refractivity contribution < 1.29 is 9.90 Å².